The predicted molar refractivity (Wildman–Crippen MR) is 91.5 cm³/mol. The predicted octanol–water partition coefficient (Wildman–Crippen LogP) is 2.52. The summed E-state index contributed by atoms with van der Waals surface area (Å²) in [5.41, 5.74) is 3.76. The minimum absolute atomic E-state index is 0.147. The number of anilines is 1. The molecule has 2 aromatic carbocycles. The Morgan fingerprint density at radius 1 is 0.958 bits per heavy atom. The van der Waals surface area contributed by atoms with Crippen LogP contribution in [-0.2, 0) is 11.3 Å². The Kier molecular flexibility index (Phi) is 4.47. The summed E-state index contributed by atoms with van der Waals surface area (Å²) < 4.78 is 0. The lowest BCUT2D eigenvalue weighted by atomic mass is 10.1. The fourth-order valence-electron chi connectivity index (χ4n) is 2.31. The maximum Gasteiger partial charge on any atom is 0.251 e. The molecular weight excluding hydrogens is 304 g/mol. The Bertz CT molecular complexity index is 891. The smallest absolute Gasteiger partial charge is 0.251 e. The number of carbonyl (C=O) groups excluding carboxylic acids is 2. The van der Waals surface area contributed by atoms with Crippen molar-refractivity contribution in [1.82, 2.24) is 15.3 Å². The SMILES string of the molecule is CC(=O)Nc1ccc(C(=O)NCc2ccc3nccnc3c2)cc1. The van der Waals surface area contributed by atoms with Gasteiger partial charge >= 0.3 is 0 Å². The highest BCUT2D eigenvalue weighted by atomic mass is 16.2. The number of fused-ring (bicyclic) bond motifs is 1. The average Bonchev–Trinajstić information content (AvgIpc) is 2.59. The second kappa shape index (κ2) is 6.87. The first kappa shape index (κ1) is 15.6. The van der Waals surface area contributed by atoms with E-state index >= 15 is 0 Å². The fraction of sp³-hybridized carbons (Fsp3) is 0.111. The number of benzene rings is 2. The molecule has 1 aromatic heterocycles. The van der Waals surface area contributed by atoms with E-state index in [1.54, 1.807) is 36.7 Å². The van der Waals surface area contributed by atoms with E-state index in [4.69, 9.17) is 0 Å². The van der Waals surface area contributed by atoms with E-state index < -0.39 is 0 Å². The third-order valence-corrected chi connectivity index (χ3v) is 3.45. The first-order chi connectivity index (χ1) is 11.6. The average molecular weight is 320 g/mol. The largest absolute Gasteiger partial charge is 0.348 e. The van der Waals surface area contributed by atoms with Crippen molar-refractivity contribution < 1.29 is 9.59 Å². The molecule has 24 heavy (non-hydrogen) atoms. The van der Waals surface area contributed by atoms with Gasteiger partial charge in [-0.25, -0.2) is 0 Å². The first-order valence-corrected chi connectivity index (χ1v) is 7.47. The number of rotatable bonds is 4. The van der Waals surface area contributed by atoms with E-state index in [9.17, 15) is 9.59 Å². The maximum atomic E-state index is 12.2. The zero-order valence-corrected chi connectivity index (χ0v) is 13.1. The quantitative estimate of drug-likeness (QED) is 0.773. The van der Waals surface area contributed by atoms with E-state index in [0.717, 1.165) is 16.6 Å². The molecule has 2 amide bonds. The Labute approximate surface area is 138 Å². The van der Waals surface area contributed by atoms with Crippen LogP contribution in [0.3, 0.4) is 0 Å². The molecule has 6 nitrogen and oxygen atoms in total. The molecule has 0 bridgehead atoms. The van der Waals surface area contributed by atoms with Crippen molar-refractivity contribution in [2.75, 3.05) is 5.32 Å². The highest BCUT2D eigenvalue weighted by molar-refractivity contribution is 5.95. The number of nitrogens with zero attached hydrogens (tertiary/aromatic N) is 2. The van der Waals surface area contributed by atoms with Gasteiger partial charge in [0.1, 0.15) is 0 Å². The summed E-state index contributed by atoms with van der Waals surface area (Å²) in [7, 11) is 0. The van der Waals surface area contributed by atoms with Crippen molar-refractivity contribution >= 4 is 28.5 Å². The van der Waals surface area contributed by atoms with Crippen LogP contribution in [0.1, 0.15) is 22.8 Å². The first-order valence-electron chi connectivity index (χ1n) is 7.47. The third kappa shape index (κ3) is 3.73. The van der Waals surface area contributed by atoms with Gasteiger partial charge in [-0.15, -0.1) is 0 Å². The van der Waals surface area contributed by atoms with E-state index in [-0.39, 0.29) is 11.8 Å². The summed E-state index contributed by atoms with van der Waals surface area (Å²) in [6, 6.07) is 12.4. The molecule has 0 atom stereocenters. The molecule has 6 heteroatoms. The molecule has 3 aromatic rings. The summed E-state index contributed by atoms with van der Waals surface area (Å²) in [5.74, 6) is -0.324. The van der Waals surface area contributed by atoms with Gasteiger partial charge in [-0.2, -0.15) is 0 Å². The lowest BCUT2D eigenvalue weighted by Gasteiger charge is -2.07. The fourth-order valence-corrected chi connectivity index (χ4v) is 2.31. The van der Waals surface area contributed by atoms with Crippen LogP contribution in [0.2, 0.25) is 0 Å². The molecular formula is C18H16N4O2. The zero-order chi connectivity index (χ0) is 16.9. The third-order valence-electron chi connectivity index (χ3n) is 3.45. The Morgan fingerprint density at radius 3 is 2.38 bits per heavy atom. The summed E-state index contributed by atoms with van der Waals surface area (Å²) in [5, 5.41) is 5.53. The normalized spacial score (nSPS) is 10.4. The van der Waals surface area contributed by atoms with Gasteiger partial charge in [0.15, 0.2) is 0 Å². The van der Waals surface area contributed by atoms with Crippen LogP contribution in [0.4, 0.5) is 5.69 Å². The lowest BCUT2D eigenvalue weighted by Crippen LogP contribution is -2.22. The van der Waals surface area contributed by atoms with Crippen LogP contribution in [-0.4, -0.2) is 21.8 Å². The van der Waals surface area contributed by atoms with Crippen LogP contribution in [0, 0.1) is 0 Å². The van der Waals surface area contributed by atoms with Crippen molar-refractivity contribution in [2.45, 2.75) is 13.5 Å². The van der Waals surface area contributed by atoms with E-state index in [0.29, 0.717) is 17.8 Å². The Hall–Kier alpha value is -3.28. The minimum atomic E-state index is -0.177. The monoisotopic (exact) mass is 320 g/mol. The Morgan fingerprint density at radius 2 is 1.67 bits per heavy atom. The van der Waals surface area contributed by atoms with Crippen LogP contribution < -0.4 is 10.6 Å². The summed E-state index contributed by atoms with van der Waals surface area (Å²) in [6.45, 7) is 1.84. The summed E-state index contributed by atoms with van der Waals surface area (Å²) in [4.78, 5) is 31.6. The van der Waals surface area contributed by atoms with Gasteiger partial charge in [-0.1, -0.05) is 6.07 Å². The Balaban J connectivity index is 1.64. The van der Waals surface area contributed by atoms with Crippen molar-refractivity contribution in [2.24, 2.45) is 0 Å². The molecule has 3 rings (SSSR count). The minimum Gasteiger partial charge on any atom is -0.348 e. The lowest BCUT2D eigenvalue weighted by molar-refractivity contribution is -0.114. The molecule has 0 spiro atoms. The number of nitrogens with one attached hydrogen (secondary N) is 2. The molecule has 0 aliphatic carbocycles. The van der Waals surface area contributed by atoms with Gasteiger partial charge in [-0.05, 0) is 42.0 Å². The summed E-state index contributed by atoms with van der Waals surface area (Å²) in [6.07, 6.45) is 3.29. The summed E-state index contributed by atoms with van der Waals surface area (Å²) >= 11 is 0. The molecule has 2 N–H and O–H groups in total. The van der Waals surface area contributed by atoms with Gasteiger partial charge in [0.2, 0.25) is 5.91 Å². The molecule has 0 aliphatic rings. The highest BCUT2D eigenvalue weighted by Gasteiger charge is 2.06. The van der Waals surface area contributed by atoms with Crippen molar-refractivity contribution in [1.29, 1.82) is 0 Å². The highest BCUT2D eigenvalue weighted by Crippen LogP contribution is 2.12. The van der Waals surface area contributed by atoms with Crippen LogP contribution >= 0.6 is 0 Å². The van der Waals surface area contributed by atoms with E-state index in [2.05, 4.69) is 20.6 Å². The van der Waals surface area contributed by atoms with Gasteiger partial charge in [0.05, 0.1) is 11.0 Å². The maximum absolute atomic E-state index is 12.2. The van der Waals surface area contributed by atoms with Crippen molar-refractivity contribution in [3.63, 3.8) is 0 Å². The molecule has 0 fully saturated rings. The molecule has 0 saturated carbocycles. The molecule has 0 unspecified atom stereocenters. The second-order valence-corrected chi connectivity index (χ2v) is 5.32. The van der Waals surface area contributed by atoms with Gasteiger partial charge < -0.3 is 10.6 Å². The number of hydrogen-bond acceptors (Lipinski definition) is 4. The van der Waals surface area contributed by atoms with E-state index in [1.165, 1.54) is 6.92 Å². The standard InChI is InChI=1S/C18H16N4O2/c1-12(23)22-15-5-3-14(4-6-15)18(24)21-11-13-2-7-16-17(10-13)20-9-8-19-16/h2-10H,11H2,1H3,(H,21,24)(H,22,23). The molecule has 0 saturated heterocycles. The van der Waals surface area contributed by atoms with E-state index in [1.807, 2.05) is 18.2 Å². The number of carbonyl (C=O) groups is 2. The molecule has 0 aliphatic heterocycles. The molecule has 1 heterocycles. The second-order valence-electron chi connectivity index (χ2n) is 5.32. The topological polar surface area (TPSA) is 84.0 Å². The number of amides is 2. The number of hydrogen-bond donors (Lipinski definition) is 2. The molecule has 120 valence electrons. The van der Waals surface area contributed by atoms with Crippen LogP contribution in [0.25, 0.3) is 11.0 Å². The van der Waals surface area contributed by atoms with Gasteiger partial charge in [0.25, 0.3) is 5.91 Å². The van der Waals surface area contributed by atoms with Crippen LogP contribution in [0.15, 0.2) is 54.9 Å². The van der Waals surface area contributed by atoms with Gasteiger partial charge in [-0.3, -0.25) is 19.6 Å². The zero-order valence-electron chi connectivity index (χ0n) is 13.1. The van der Waals surface area contributed by atoms with Crippen molar-refractivity contribution in [3.8, 4) is 0 Å². The number of aromatic nitrogens is 2. The van der Waals surface area contributed by atoms with Gasteiger partial charge in [0, 0.05) is 37.1 Å². The van der Waals surface area contributed by atoms with Crippen molar-refractivity contribution in [3.05, 3.63) is 66.0 Å². The molecule has 0 radical (unpaired) electrons. The van der Waals surface area contributed by atoms with Crippen LogP contribution in [0.5, 0.6) is 0 Å².